The molecular formula is C8H15F3O2. The fraction of sp³-hybridized carbons (Fsp3) is 1.00. The molecule has 0 heterocycles. The lowest BCUT2D eigenvalue weighted by Gasteiger charge is -2.20. The Labute approximate surface area is 75.4 Å². The summed E-state index contributed by atoms with van der Waals surface area (Å²) < 4.78 is 36.5. The van der Waals surface area contributed by atoms with Gasteiger partial charge in [0, 0.05) is 6.42 Å². The maximum atomic E-state index is 12.2. The molecule has 0 bridgehead atoms. The molecule has 13 heavy (non-hydrogen) atoms. The van der Waals surface area contributed by atoms with E-state index in [-0.39, 0.29) is 6.42 Å². The van der Waals surface area contributed by atoms with Crippen molar-refractivity contribution in [2.45, 2.75) is 45.1 Å². The monoisotopic (exact) mass is 200 g/mol. The first-order valence-corrected chi connectivity index (χ1v) is 4.30. The van der Waals surface area contributed by atoms with Crippen LogP contribution < -0.4 is 0 Å². The molecule has 0 radical (unpaired) electrons. The third-order valence-electron chi connectivity index (χ3n) is 1.86. The van der Waals surface area contributed by atoms with Crippen LogP contribution in [-0.2, 0) is 0 Å². The van der Waals surface area contributed by atoms with Crippen molar-refractivity contribution in [1.82, 2.24) is 0 Å². The van der Waals surface area contributed by atoms with E-state index in [9.17, 15) is 13.2 Å². The molecule has 0 aliphatic rings. The van der Waals surface area contributed by atoms with E-state index in [1.54, 1.807) is 6.92 Å². The van der Waals surface area contributed by atoms with Gasteiger partial charge in [-0.3, -0.25) is 0 Å². The van der Waals surface area contributed by atoms with Gasteiger partial charge in [-0.25, -0.2) is 0 Å². The van der Waals surface area contributed by atoms with E-state index in [2.05, 4.69) is 0 Å². The number of halogens is 3. The van der Waals surface area contributed by atoms with Gasteiger partial charge in [0.1, 0.15) is 0 Å². The molecule has 1 atom stereocenters. The maximum absolute atomic E-state index is 12.2. The van der Waals surface area contributed by atoms with E-state index >= 15 is 0 Å². The molecule has 0 amide bonds. The zero-order chi connectivity index (χ0) is 10.5. The number of alkyl halides is 3. The first kappa shape index (κ1) is 12.7. The molecule has 2 N–H and O–H groups in total. The summed E-state index contributed by atoms with van der Waals surface area (Å²) in [7, 11) is 0. The fourth-order valence-electron chi connectivity index (χ4n) is 1.12. The van der Waals surface area contributed by atoms with E-state index in [1.807, 2.05) is 0 Å². The molecule has 2 nitrogen and oxygen atoms in total. The molecule has 0 saturated carbocycles. The largest absolute Gasteiger partial charge is 0.392 e. The van der Waals surface area contributed by atoms with Crippen LogP contribution in [0.4, 0.5) is 13.2 Å². The van der Waals surface area contributed by atoms with Gasteiger partial charge in [-0.1, -0.05) is 19.8 Å². The average molecular weight is 200 g/mol. The maximum Gasteiger partial charge on any atom is 0.392 e. The minimum absolute atomic E-state index is 0.0301. The van der Waals surface area contributed by atoms with Gasteiger partial charge in [-0.05, 0) is 6.42 Å². The molecule has 0 spiro atoms. The molecule has 0 fully saturated rings. The number of hydrogen-bond acceptors (Lipinski definition) is 2. The second kappa shape index (κ2) is 5.44. The molecule has 0 aliphatic heterocycles. The van der Waals surface area contributed by atoms with Crippen LogP contribution in [0.2, 0.25) is 0 Å². The molecule has 5 heteroatoms. The van der Waals surface area contributed by atoms with Gasteiger partial charge in [0.05, 0.1) is 5.92 Å². The average Bonchev–Trinajstić information content (AvgIpc) is 1.95. The van der Waals surface area contributed by atoms with Crippen LogP contribution in [0.15, 0.2) is 0 Å². The number of aliphatic hydroxyl groups is 2. The number of unbranched alkanes of at least 4 members (excludes halogenated alkanes) is 1. The fourth-order valence-corrected chi connectivity index (χ4v) is 1.12. The molecule has 1 unspecified atom stereocenters. The third-order valence-corrected chi connectivity index (χ3v) is 1.86. The third kappa shape index (κ3) is 5.87. The van der Waals surface area contributed by atoms with Gasteiger partial charge in [0.15, 0.2) is 6.29 Å². The molecule has 80 valence electrons. The van der Waals surface area contributed by atoms with E-state index in [4.69, 9.17) is 10.2 Å². The standard InChI is InChI=1S/C8H15F3O2/c1-2-3-4-6(5-7(12)13)8(9,10)11/h6-7,12-13H,2-5H2,1H3. The van der Waals surface area contributed by atoms with Crippen molar-refractivity contribution < 1.29 is 23.4 Å². The van der Waals surface area contributed by atoms with E-state index in [0.29, 0.717) is 12.8 Å². The molecule has 0 rings (SSSR count). The second-order valence-electron chi connectivity index (χ2n) is 3.10. The van der Waals surface area contributed by atoms with Crippen molar-refractivity contribution in [1.29, 1.82) is 0 Å². The normalized spacial score (nSPS) is 15.0. The lowest BCUT2D eigenvalue weighted by Crippen LogP contribution is -2.27. The predicted octanol–water partition coefficient (Wildman–Crippen LogP) is 2.06. The summed E-state index contributed by atoms with van der Waals surface area (Å²) >= 11 is 0. The summed E-state index contributed by atoms with van der Waals surface area (Å²) in [4.78, 5) is 0. The summed E-state index contributed by atoms with van der Waals surface area (Å²) in [5, 5.41) is 16.9. The van der Waals surface area contributed by atoms with Crippen molar-refractivity contribution in [3.63, 3.8) is 0 Å². The van der Waals surface area contributed by atoms with E-state index in [1.165, 1.54) is 0 Å². The number of rotatable bonds is 5. The predicted molar refractivity (Wildman–Crippen MR) is 41.9 cm³/mol. The Kier molecular flexibility index (Phi) is 5.32. The topological polar surface area (TPSA) is 40.5 Å². The van der Waals surface area contributed by atoms with Crippen LogP contribution in [-0.4, -0.2) is 22.7 Å². The first-order chi connectivity index (χ1) is 5.88. The van der Waals surface area contributed by atoms with Crippen molar-refractivity contribution in [3.05, 3.63) is 0 Å². The summed E-state index contributed by atoms with van der Waals surface area (Å²) in [6.45, 7) is 1.79. The van der Waals surface area contributed by atoms with Crippen molar-refractivity contribution >= 4 is 0 Å². The van der Waals surface area contributed by atoms with Crippen LogP contribution in [0.5, 0.6) is 0 Å². The quantitative estimate of drug-likeness (QED) is 0.667. The molecule has 0 aromatic heterocycles. The zero-order valence-corrected chi connectivity index (χ0v) is 7.51. The highest BCUT2D eigenvalue weighted by atomic mass is 19.4. The SMILES string of the molecule is CCCCC(CC(O)O)C(F)(F)F. The number of aliphatic hydroxyl groups excluding tert-OH is 1. The lowest BCUT2D eigenvalue weighted by molar-refractivity contribution is -0.196. The summed E-state index contributed by atoms with van der Waals surface area (Å²) in [6, 6.07) is 0. The summed E-state index contributed by atoms with van der Waals surface area (Å²) in [5.74, 6) is -1.59. The van der Waals surface area contributed by atoms with Gasteiger partial charge in [0.2, 0.25) is 0 Å². The lowest BCUT2D eigenvalue weighted by atomic mass is 9.98. The highest BCUT2D eigenvalue weighted by molar-refractivity contribution is 4.68. The molecule has 0 aromatic carbocycles. The smallest absolute Gasteiger partial charge is 0.368 e. The van der Waals surface area contributed by atoms with Gasteiger partial charge in [-0.15, -0.1) is 0 Å². The van der Waals surface area contributed by atoms with Crippen molar-refractivity contribution in [3.8, 4) is 0 Å². The minimum Gasteiger partial charge on any atom is -0.368 e. The Morgan fingerprint density at radius 1 is 1.23 bits per heavy atom. The molecule has 0 saturated heterocycles. The van der Waals surface area contributed by atoms with Gasteiger partial charge < -0.3 is 10.2 Å². The number of hydrogen-bond donors (Lipinski definition) is 2. The molecule has 0 aromatic rings. The summed E-state index contributed by atoms with van der Waals surface area (Å²) in [6.07, 6.45) is -5.71. The Balaban J connectivity index is 4.03. The zero-order valence-electron chi connectivity index (χ0n) is 7.51. The van der Waals surface area contributed by atoms with Crippen molar-refractivity contribution in [2.24, 2.45) is 5.92 Å². The Bertz CT molecular complexity index is 134. The van der Waals surface area contributed by atoms with Gasteiger partial charge in [0.25, 0.3) is 0 Å². The van der Waals surface area contributed by atoms with Crippen LogP contribution in [0.3, 0.4) is 0 Å². The summed E-state index contributed by atoms with van der Waals surface area (Å²) in [5.41, 5.74) is 0. The van der Waals surface area contributed by atoms with Crippen LogP contribution >= 0.6 is 0 Å². The van der Waals surface area contributed by atoms with Crippen molar-refractivity contribution in [2.75, 3.05) is 0 Å². The Morgan fingerprint density at radius 2 is 1.77 bits per heavy atom. The van der Waals surface area contributed by atoms with Crippen LogP contribution in [0.25, 0.3) is 0 Å². The first-order valence-electron chi connectivity index (χ1n) is 4.30. The molecular weight excluding hydrogens is 185 g/mol. The Hall–Kier alpha value is -0.290. The van der Waals surface area contributed by atoms with E-state index in [0.717, 1.165) is 0 Å². The van der Waals surface area contributed by atoms with Gasteiger partial charge in [-0.2, -0.15) is 13.2 Å². The van der Waals surface area contributed by atoms with Crippen LogP contribution in [0, 0.1) is 5.92 Å². The second-order valence-corrected chi connectivity index (χ2v) is 3.10. The minimum atomic E-state index is -4.32. The van der Waals surface area contributed by atoms with Crippen LogP contribution in [0.1, 0.15) is 32.6 Å². The van der Waals surface area contributed by atoms with Gasteiger partial charge >= 0.3 is 6.18 Å². The molecule has 0 aliphatic carbocycles. The Morgan fingerprint density at radius 3 is 2.08 bits per heavy atom. The highest BCUT2D eigenvalue weighted by Crippen LogP contribution is 2.33. The van der Waals surface area contributed by atoms with E-state index < -0.39 is 24.8 Å². The highest BCUT2D eigenvalue weighted by Gasteiger charge is 2.39.